The van der Waals surface area contributed by atoms with Gasteiger partial charge in [-0.2, -0.15) is 0 Å². The Morgan fingerprint density at radius 1 is 1.50 bits per heavy atom. The van der Waals surface area contributed by atoms with Gasteiger partial charge in [0.2, 0.25) is 0 Å². The zero-order valence-electron chi connectivity index (χ0n) is 8.06. The first kappa shape index (κ1) is 11.6. The molecule has 0 aliphatic carbocycles. The normalized spacial score (nSPS) is 14.9. The van der Waals surface area contributed by atoms with E-state index in [4.69, 9.17) is 28.9 Å². The van der Waals surface area contributed by atoms with Gasteiger partial charge in [-0.3, -0.25) is 0 Å². The van der Waals surface area contributed by atoms with Crippen molar-refractivity contribution in [3.63, 3.8) is 0 Å². The van der Waals surface area contributed by atoms with Crippen molar-refractivity contribution in [2.24, 2.45) is 5.73 Å². The van der Waals surface area contributed by atoms with Crippen molar-refractivity contribution in [3.05, 3.63) is 46.5 Å². The summed E-state index contributed by atoms with van der Waals surface area (Å²) in [6.07, 6.45) is 2.43. The maximum Gasteiger partial charge on any atom is 0.0457 e. The maximum atomic E-state index is 6.10. The summed E-state index contributed by atoms with van der Waals surface area (Å²) < 4.78 is 0. The van der Waals surface area contributed by atoms with E-state index in [0.29, 0.717) is 16.5 Å². The fourth-order valence-electron chi connectivity index (χ4n) is 1.34. The van der Waals surface area contributed by atoms with Crippen molar-refractivity contribution in [3.8, 4) is 0 Å². The van der Waals surface area contributed by atoms with Crippen molar-refractivity contribution in [1.29, 1.82) is 0 Å². The molecule has 0 amide bonds. The van der Waals surface area contributed by atoms with Gasteiger partial charge in [0.15, 0.2) is 0 Å². The SMILES string of the molecule is C=CC[C@@](C)(N)c1cc(Cl)ccc1Cl. The molecule has 0 unspecified atom stereocenters. The van der Waals surface area contributed by atoms with E-state index in [9.17, 15) is 0 Å². The molecule has 1 aromatic rings. The van der Waals surface area contributed by atoms with Crippen LogP contribution in [0, 0.1) is 0 Å². The molecule has 0 spiro atoms. The summed E-state index contributed by atoms with van der Waals surface area (Å²) in [7, 11) is 0. The first-order chi connectivity index (χ1) is 6.47. The van der Waals surface area contributed by atoms with Crippen molar-refractivity contribution in [2.75, 3.05) is 0 Å². The average Bonchev–Trinajstić information content (AvgIpc) is 2.09. The molecule has 0 aliphatic heterocycles. The number of halogens is 2. The smallest absolute Gasteiger partial charge is 0.0457 e. The molecule has 1 aromatic carbocycles. The minimum Gasteiger partial charge on any atom is -0.321 e. The van der Waals surface area contributed by atoms with E-state index in [2.05, 4.69) is 6.58 Å². The molecule has 1 atom stereocenters. The second-order valence-electron chi connectivity index (χ2n) is 3.53. The fraction of sp³-hybridized carbons (Fsp3) is 0.273. The van der Waals surface area contributed by atoms with Crippen LogP contribution in [0.15, 0.2) is 30.9 Å². The number of benzene rings is 1. The monoisotopic (exact) mass is 229 g/mol. The lowest BCUT2D eigenvalue weighted by Crippen LogP contribution is -2.32. The minimum absolute atomic E-state index is 0.510. The first-order valence-electron chi connectivity index (χ1n) is 4.32. The summed E-state index contributed by atoms with van der Waals surface area (Å²) in [4.78, 5) is 0. The quantitative estimate of drug-likeness (QED) is 0.786. The molecule has 0 aromatic heterocycles. The van der Waals surface area contributed by atoms with Crippen LogP contribution in [0.5, 0.6) is 0 Å². The van der Waals surface area contributed by atoms with Gasteiger partial charge < -0.3 is 5.73 Å². The largest absolute Gasteiger partial charge is 0.321 e. The van der Waals surface area contributed by atoms with Gasteiger partial charge in [-0.1, -0.05) is 29.3 Å². The summed E-state index contributed by atoms with van der Waals surface area (Å²) in [6, 6.07) is 5.30. The Labute approximate surface area is 94.5 Å². The highest BCUT2D eigenvalue weighted by Crippen LogP contribution is 2.31. The van der Waals surface area contributed by atoms with Gasteiger partial charge in [0.05, 0.1) is 0 Å². The van der Waals surface area contributed by atoms with Gasteiger partial charge >= 0.3 is 0 Å². The van der Waals surface area contributed by atoms with E-state index in [1.807, 2.05) is 6.92 Å². The molecule has 2 N–H and O–H groups in total. The van der Waals surface area contributed by atoms with Crippen molar-refractivity contribution in [2.45, 2.75) is 18.9 Å². The summed E-state index contributed by atoms with van der Waals surface area (Å²) >= 11 is 11.9. The molecule has 1 rings (SSSR count). The maximum absolute atomic E-state index is 6.10. The third kappa shape index (κ3) is 2.50. The van der Waals surface area contributed by atoms with Crippen molar-refractivity contribution >= 4 is 23.2 Å². The molecule has 0 fully saturated rings. The Bertz CT molecular complexity index is 345. The highest BCUT2D eigenvalue weighted by atomic mass is 35.5. The van der Waals surface area contributed by atoms with Crippen LogP contribution in [0.1, 0.15) is 18.9 Å². The molecule has 76 valence electrons. The van der Waals surface area contributed by atoms with E-state index < -0.39 is 5.54 Å². The van der Waals surface area contributed by atoms with Crippen LogP contribution in [0.25, 0.3) is 0 Å². The molecular weight excluding hydrogens is 217 g/mol. The number of hydrogen-bond acceptors (Lipinski definition) is 1. The topological polar surface area (TPSA) is 26.0 Å². The van der Waals surface area contributed by atoms with Crippen LogP contribution in [0.2, 0.25) is 10.0 Å². The molecule has 1 nitrogen and oxygen atoms in total. The molecule has 14 heavy (non-hydrogen) atoms. The molecule has 3 heteroatoms. The minimum atomic E-state index is -0.510. The van der Waals surface area contributed by atoms with E-state index in [0.717, 1.165) is 5.56 Å². The Kier molecular flexibility index (Phi) is 3.59. The van der Waals surface area contributed by atoms with Crippen molar-refractivity contribution < 1.29 is 0 Å². The average molecular weight is 230 g/mol. The predicted octanol–water partition coefficient (Wildman–Crippen LogP) is 3.74. The molecule has 0 bridgehead atoms. The number of rotatable bonds is 3. The summed E-state index contributed by atoms with van der Waals surface area (Å²) in [6.45, 7) is 5.58. The molecule has 0 saturated heterocycles. The standard InChI is InChI=1S/C11H13Cl2N/c1-3-6-11(2,14)9-7-8(12)4-5-10(9)13/h3-5,7H,1,6,14H2,2H3/t11-/m1/s1. The van der Waals surface area contributed by atoms with Crippen LogP contribution < -0.4 is 5.73 Å². The third-order valence-electron chi connectivity index (χ3n) is 2.11. The highest BCUT2D eigenvalue weighted by molar-refractivity contribution is 6.33. The number of nitrogens with two attached hydrogens (primary N) is 1. The lowest BCUT2D eigenvalue weighted by Gasteiger charge is -2.24. The summed E-state index contributed by atoms with van der Waals surface area (Å²) in [5, 5.41) is 1.28. The fourth-order valence-corrected chi connectivity index (χ4v) is 1.85. The highest BCUT2D eigenvalue weighted by Gasteiger charge is 2.22. The van der Waals surface area contributed by atoms with Gasteiger partial charge in [-0.25, -0.2) is 0 Å². The van der Waals surface area contributed by atoms with Gasteiger partial charge in [-0.05, 0) is 37.1 Å². The van der Waals surface area contributed by atoms with E-state index in [-0.39, 0.29) is 0 Å². The van der Waals surface area contributed by atoms with E-state index in [1.165, 1.54) is 0 Å². The zero-order chi connectivity index (χ0) is 10.8. The lowest BCUT2D eigenvalue weighted by atomic mass is 9.90. The van der Waals surface area contributed by atoms with Gasteiger partial charge in [-0.15, -0.1) is 6.58 Å². The molecular formula is C11H13Cl2N. The van der Waals surface area contributed by atoms with Gasteiger partial charge in [0, 0.05) is 15.6 Å². The summed E-state index contributed by atoms with van der Waals surface area (Å²) in [5.74, 6) is 0. The van der Waals surface area contributed by atoms with Gasteiger partial charge in [0.25, 0.3) is 0 Å². The van der Waals surface area contributed by atoms with E-state index in [1.54, 1.807) is 24.3 Å². The Hall–Kier alpha value is -0.500. The molecule has 0 aliphatic rings. The summed E-state index contributed by atoms with van der Waals surface area (Å²) in [5.41, 5.74) is 6.45. The third-order valence-corrected chi connectivity index (χ3v) is 2.68. The number of hydrogen-bond donors (Lipinski definition) is 1. The molecule has 0 radical (unpaired) electrons. The Morgan fingerprint density at radius 2 is 2.14 bits per heavy atom. The van der Waals surface area contributed by atoms with Crippen LogP contribution in [-0.2, 0) is 5.54 Å². The van der Waals surface area contributed by atoms with Crippen molar-refractivity contribution in [1.82, 2.24) is 0 Å². The van der Waals surface area contributed by atoms with Crippen LogP contribution >= 0.6 is 23.2 Å². The second kappa shape index (κ2) is 4.35. The van der Waals surface area contributed by atoms with E-state index >= 15 is 0 Å². The lowest BCUT2D eigenvalue weighted by molar-refractivity contribution is 0.503. The van der Waals surface area contributed by atoms with Crippen LogP contribution in [-0.4, -0.2) is 0 Å². The molecule has 0 saturated carbocycles. The Morgan fingerprint density at radius 3 is 2.71 bits per heavy atom. The first-order valence-corrected chi connectivity index (χ1v) is 5.08. The van der Waals surface area contributed by atoms with Gasteiger partial charge in [0.1, 0.15) is 0 Å². The predicted molar refractivity (Wildman–Crippen MR) is 62.8 cm³/mol. The zero-order valence-corrected chi connectivity index (χ0v) is 9.57. The Balaban J connectivity index is 3.16. The molecule has 0 heterocycles. The van der Waals surface area contributed by atoms with Crippen LogP contribution in [0.3, 0.4) is 0 Å². The van der Waals surface area contributed by atoms with Crippen LogP contribution in [0.4, 0.5) is 0 Å². The second-order valence-corrected chi connectivity index (χ2v) is 4.38.